The summed E-state index contributed by atoms with van der Waals surface area (Å²) in [5, 5.41) is 3.41. The number of ether oxygens (including phenoxy) is 1. The fraction of sp³-hybridized carbons (Fsp3) is 0.929. The van der Waals surface area contributed by atoms with E-state index in [4.69, 9.17) is 10.5 Å². The van der Waals surface area contributed by atoms with E-state index >= 15 is 0 Å². The maximum absolute atomic E-state index is 5.95. The highest BCUT2D eigenvalue weighted by atomic mass is 16.5. The number of aliphatic imine (C=N–C) groups is 1. The zero-order chi connectivity index (χ0) is 13.8. The average Bonchev–Trinajstić information content (AvgIpc) is 2.39. The minimum absolute atomic E-state index is 0.195. The lowest BCUT2D eigenvalue weighted by Crippen LogP contribution is -2.70. The first-order chi connectivity index (χ1) is 8.57. The first kappa shape index (κ1) is 15.3. The van der Waals surface area contributed by atoms with Crippen molar-refractivity contribution >= 4 is 5.96 Å². The van der Waals surface area contributed by atoms with Crippen molar-refractivity contribution in [2.75, 3.05) is 13.7 Å². The normalized spacial score (nSPS) is 30.9. The lowest BCUT2D eigenvalue weighted by atomic mass is 9.53. The molecular weight excluding hydrogens is 226 g/mol. The van der Waals surface area contributed by atoms with Gasteiger partial charge in [0.25, 0.3) is 0 Å². The van der Waals surface area contributed by atoms with Crippen LogP contribution in [-0.2, 0) is 4.74 Å². The van der Waals surface area contributed by atoms with Crippen molar-refractivity contribution in [1.82, 2.24) is 5.32 Å². The molecule has 1 fully saturated rings. The maximum Gasteiger partial charge on any atom is 0.188 e. The lowest BCUT2D eigenvalue weighted by molar-refractivity contribution is -0.163. The van der Waals surface area contributed by atoms with Gasteiger partial charge in [-0.05, 0) is 19.3 Å². The summed E-state index contributed by atoms with van der Waals surface area (Å²) in [6.07, 6.45) is 3.55. The molecule has 1 aliphatic rings. The predicted octanol–water partition coefficient (Wildman–Crippen LogP) is 2.14. The lowest BCUT2D eigenvalue weighted by Gasteiger charge is -2.59. The zero-order valence-corrected chi connectivity index (χ0v) is 12.5. The van der Waals surface area contributed by atoms with E-state index in [9.17, 15) is 0 Å². The minimum atomic E-state index is 0.195. The van der Waals surface area contributed by atoms with Crippen molar-refractivity contribution < 1.29 is 4.74 Å². The van der Waals surface area contributed by atoms with E-state index in [0.717, 1.165) is 25.8 Å². The van der Waals surface area contributed by atoms with Gasteiger partial charge in [0.2, 0.25) is 0 Å². The summed E-state index contributed by atoms with van der Waals surface area (Å²) in [5.74, 6) is 1.06. The Hall–Kier alpha value is -0.770. The molecule has 0 amide bonds. The zero-order valence-electron chi connectivity index (χ0n) is 12.5. The molecule has 4 heteroatoms. The predicted molar refractivity (Wildman–Crippen MR) is 76.7 cm³/mol. The van der Waals surface area contributed by atoms with Gasteiger partial charge >= 0.3 is 0 Å². The Balaban J connectivity index is 2.75. The van der Waals surface area contributed by atoms with Gasteiger partial charge in [-0.25, -0.2) is 0 Å². The third-order valence-electron chi connectivity index (χ3n) is 4.57. The molecule has 18 heavy (non-hydrogen) atoms. The van der Waals surface area contributed by atoms with Gasteiger partial charge < -0.3 is 15.8 Å². The highest BCUT2D eigenvalue weighted by Gasteiger charge is 2.58. The summed E-state index contributed by atoms with van der Waals surface area (Å²) in [7, 11) is 1.81. The molecule has 106 valence electrons. The summed E-state index contributed by atoms with van der Waals surface area (Å²) < 4.78 is 5.67. The first-order valence-corrected chi connectivity index (χ1v) is 7.16. The molecule has 3 N–H and O–H groups in total. The number of rotatable bonds is 6. The number of nitrogens with zero attached hydrogens (tertiary/aromatic N) is 1. The quantitative estimate of drug-likeness (QED) is 0.565. The van der Waals surface area contributed by atoms with Crippen molar-refractivity contribution in [3.8, 4) is 0 Å². The molecule has 0 saturated heterocycles. The van der Waals surface area contributed by atoms with E-state index in [1.54, 1.807) is 0 Å². The third kappa shape index (κ3) is 2.48. The van der Waals surface area contributed by atoms with Gasteiger partial charge in [0.15, 0.2) is 5.96 Å². The molecular formula is C14H29N3O. The Morgan fingerprint density at radius 2 is 1.94 bits per heavy atom. The molecule has 0 aromatic rings. The van der Waals surface area contributed by atoms with Crippen molar-refractivity contribution in [3.05, 3.63) is 0 Å². The van der Waals surface area contributed by atoms with Gasteiger partial charge in [-0.15, -0.1) is 0 Å². The van der Waals surface area contributed by atoms with Gasteiger partial charge in [-0.3, -0.25) is 4.99 Å². The van der Waals surface area contributed by atoms with E-state index < -0.39 is 0 Å². The highest BCUT2D eigenvalue weighted by molar-refractivity contribution is 5.78. The van der Waals surface area contributed by atoms with Crippen LogP contribution in [0.2, 0.25) is 0 Å². The maximum atomic E-state index is 5.95. The largest absolute Gasteiger partial charge is 0.380 e. The molecule has 0 radical (unpaired) electrons. The molecule has 3 unspecified atom stereocenters. The number of guanidine groups is 1. The smallest absolute Gasteiger partial charge is 0.188 e. The van der Waals surface area contributed by atoms with E-state index in [1.165, 1.54) is 0 Å². The van der Waals surface area contributed by atoms with Crippen molar-refractivity contribution in [1.29, 1.82) is 0 Å². The van der Waals surface area contributed by atoms with Crippen LogP contribution in [-0.4, -0.2) is 31.8 Å². The summed E-state index contributed by atoms with van der Waals surface area (Å²) in [6.45, 7) is 9.58. The van der Waals surface area contributed by atoms with Gasteiger partial charge in [-0.1, -0.05) is 27.7 Å². The highest BCUT2D eigenvalue weighted by Crippen LogP contribution is 2.52. The number of nitrogens with one attached hydrogen (secondary N) is 1. The summed E-state index contributed by atoms with van der Waals surface area (Å²) in [6, 6.07) is 0.373. The molecule has 1 aliphatic carbocycles. The van der Waals surface area contributed by atoms with Crippen molar-refractivity contribution in [2.45, 2.75) is 59.1 Å². The molecule has 3 atom stereocenters. The Bertz CT molecular complexity index is 287. The second-order valence-corrected chi connectivity index (χ2v) is 5.34. The molecule has 0 aromatic carbocycles. The van der Waals surface area contributed by atoms with Crippen LogP contribution in [0, 0.1) is 11.3 Å². The Kier molecular flexibility index (Phi) is 5.45. The number of methoxy groups -OCH3 is 1. The summed E-state index contributed by atoms with van der Waals surface area (Å²) in [4.78, 5) is 4.33. The van der Waals surface area contributed by atoms with E-state index in [-0.39, 0.29) is 5.41 Å². The Morgan fingerprint density at radius 3 is 2.39 bits per heavy atom. The minimum Gasteiger partial charge on any atom is -0.380 e. The van der Waals surface area contributed by atoms with Crippen LogP contribution in [0.25, 0.3) is 0 Å². The molecule has 4 nitrogen and oxygen atoms in total. The van der Waals surface area contributed by atoms with Crippen LogP contribution in [0.3, 0.4) is 0 Å². The molecule has 0 heterocycles. The SMILES string of the molecule is CCCN=C(N)NC1C(C)C(OC)C1(CC)CC. The summed E-state index contributed by atoms with van der Waals surface area (Å²) >= 11 is 0. The standard InChI is InChI=1S/C14H29N3O/c1-6-9-16-13(15)17-11-10(4)12(18-5)14(11,7-2)8-3/h10-12H,6-9H2,1-5H3,(H3,15,16,17). The van der Waals surface area contributed by atoms with Crippen LogP contribution in [0.1, 0.15) is 47.0 Å². The van der Waals surface area contributed by atoms with Crippen LogP contribution in [0.5, 0.6) is 0 Å². The second-order valence-electron chi connectivity index (χ2n) is 5.34. The fourth-order valence-electron chi connectivity index (χ4n) is 3.53. The van der Waals surface area contributed by atoms with Crippen molar-refractivity contribution in [2.24, 2.45) is 22.1 Å². The molecule has 0 aromatic heterocycles. The van der Waals surface area contributed by atoms with Gasteiger partial charge in [0.1, 0.15) is 0 Å². The first-order valence-electron chi connectivity index (χ1n) is 7.16. The fourth-order valence-corrected chi connectivity index (χ4v) is 3.53. The van der Waals surface area contributed by atoms with E-state index in [0.29, 0.717) is 24.0 Å². The van der Waals surface area contributed by atoms with Gasteiger partial charge in [-0.2, -0.15) is 0 Å². The van der Waals surface area contributed by atoms with Crippen LogP contribution in [0.15, 0.2) is 4.99 Å². The monoisotopic (exact) mass is 255 g/mol. The topological polar surface area (TPSA) is 59.6 Å². The summed E-state index contributed by atoms with van der Waals surface area (Å²) in [5.41, 5.74) is 6.14. The molecule has 0 bridgehead atoms. The van der Waals surface area contributed by atoms with E-state index in [1.807, 2.05) is 7.11 Å². The van der Waals surface area contributed by atoms with Gasteiger partial charge in [0, 0.05) is 31.0 Å². The van der Waals surface area contributed by atoms with E-state index in [2.05, 4.69) is 38.0 Å². The number of nitrogens with two attached hydrogens (primary N) is 1. The number of hydrogen-bond acceptors (Lipinski definition) is 2. The molecule has 1 rings (SSSR count). The Morgan fingerprint density at radius 1 is 1.33 bits per heavy atom. The number of hydrogen-bond donors (Lipinski definition) is 2. The van der Waals surface area contributed by atoms with Crippen molar-refractivity contribution in [3.63, 3.8) is 0 Å². The van der Waals surface area contributed by atoms with Crippen LogP contribution < -0.4 is 11.1 Å². The second kappa shape index (κ2) is 6.41. The molecule has 0 aliphatic heterocycles. The molecule has 0 spiro atoms. The molecule has 1 saturated carbocycles. The van der Waals surface area contributed by atoms with Gasteiger partial charge in [0.05, 0.1) is 6.10 Å². The third-order valence-corrected chi connectivity index (χ3v) is 4.57. The Labute approximate surface area is 111 Å². The van der Waals surface area contributed by atoms with Crippen LogP contribution >= 0.6 is 0 Å². The average molecular weight is 255 g/mol. The van der Waals surface area contributed by atoms with Crippen LogP contribution in [0.4, 0.5) is 0 Å².